The molecule has 0 unspecified atom stereocenters. The van der Waals surface area contributed by atoms with E-state index in [9.17, 15) is 0 Å². The van der Waals surface area contributed by atoms with Gasteiger partial charge < -0.3 is 0 Å². The normalized spacial score (nSPS) is 10.6. The maximum absolute atomic E-state index is 2.25. The van der Waals surface area contributed by atoms with E-state index in [4.69, 9.17) is 0 Å². The van der Waals surface area contributed by atoms with Crippen LogP contribution >= 0.6 is 34.0 Å². The number of thiophene rings is 3. The quantitative estimate of drug-likeness (QED) is 0.261. The lowest BCUT2D eigenvalue weighted by molar-refractivity contribution is 1.50. The van der Waals surface area contributed by atoms with E-state index in [1.165, 1.54) is 39.0 Å². The maximum Gasteiger partial charge on any atom is 0.0642 e. The second-order valence-corrected chi connectivity index (χ2v) is 7.74. The van der Waals surface area contributed by atoms with Crippen molar-refractivity contribution in [3.05, 3.63) is 48.5 Å². The molecule has 0 saturated carbocycles. The minimum Gasteiger partial charge on any atom is -0.133 e. The van der Waals surface area contributed by atoms with Crippen molar-refractivity contribution < 1.29 is 0 Å². The van der Waals surface area contributed by atoms with Crippen molar-refractivity contribution in [2.75, 3.05) is 0 Å². The van der Waals surface area contributed by atoms with Crippen LogP contribution in [0.4, 0.5) is 0 Å². The van der Waals surface area contributed by atoms with Gasteiger partial charge in [-0.2, -0.15) is 0 Å². The predicted molar refractivity (Wildman–Crippen MR) is 113 cm³/mol. The van der Waals surface area contributed by atoms with Crippen molar-refractivity contribution in [1.82, 2.24) is 0 Å². The molecular weight excluding hydrogens is 336 g/mol. The van der Waals surface area contributed by atoms with Crippen LogP contribution < -0.4 is 0 Å². The second kappa shape index (κ2) is 7.00. The summed E-state index contributed by atoms with van der Waals surface area (Å²) in [5.74, 6) is 0. The van der Waals surface area contributed by atoms with Gasteiger partial charge in [-0.15, -0.1) is 34.0 Å². The number of fused-ring (bicyclic) bond motifs is 7. The Kier molecular flexibility index (Phi) is 5.00. The van der Waals surface area contributed by atoms with Gasteiger partial charge in [0.1, 0.15) is 0 Å². The van der Waals surface area contributed by atoms with Gasteiger partial charge in [-0.05, 0) is 12.1 Å². The summed E-state index contributed by atoms with van der Waals surface area (Å²) in [4.78, 5) is 0. The fraction of sp³-hybridized carbons (Fsp3) is 0.200. The summed E-state index contributed by atoms with van der Waals surface area (Å²) in [7, 11) is 0. The third-order valence-corrected chi connectivity index (χ3v) is 7.53. The monoisotopic (exact) mass is 356 g/mol. The topological polar surface area (TPSA) is 0 Å². The zero-order valence-corrected chi connectivity index (χ0v) is 16.3. The Labute approximate surface area is 149 Å². The second-order valence-electron chi connectivity index (χ2n) is 4.62. The van der Waals surface area contributed by atoms with Crippen LogP contribution in [0.15, 0.2) is 48.5 Å². The molecule has 0 N–H and O–H groups in total. The van der Waals surface area contributed by atoms with E-state index in [1.54, 1.807) is 0 Å². The molecule has 3 heterocycles. The molecule has 118 valence electrons. The molecular formula is C20H20S3. The summed E-state index contributed by atoms with van der Waals surface area (Å²) in [5, 5.41) is 2.83. The van der Waals surface area contributed by atoms with Crippen molar-refractivity contribution >= 4 is 73.0 Å². The highest BCUT2D eigenvalue weighted by atomic mass is 32.1. The van der Waals surface area contributed by atoms with Crippen molar-refractivity contribution in [3.8, 4) is 0 Å². The molecule has 0 saturated heterocycles. The lowest BCUT2D eigenvalue weighted by Crippen LogP contribution is -1.59. The first-order valence-electron chi connectivity index (χ1n) is 8.13. The van der Waals surface area contributed by atoms with Gasteiger partial charge in [0, 0.05) is 20.2 Å². The predicted octanol–water partition coefficient (Wildman–Crippen LogP) is 8.54. The molecule has 0 radical (unpaired) electrons. The van der Waals surface area contributed by atoms with Gasteiger partial charge in [-0.25, -0.2) is 0 Å². The highest BCUT2D eigenvalue weighted by Gasteiger charge is 2.15. The zero-order valence-electron chi connectivity index (χ0n) is 13.8. The molecule has 0 aliphatic heterocycles. The molecule has 23 heavy (non-hydrogen) atoms. The summed E-state index contributed by atoms with van der Waals surface area (Å²) in [6, 6.07) is 17.5. The summed E-state index contributed by atoms with van der Waals surface area (Å²) < 4.78 is 8.69. The van der Waals surface area contributed by atoms with Gasteiger partial charge in [0.25, 0.3) is 0 Å². The third-order valence-electron chi connectivity index (χ3n) is 3.51. The molecule has 0 fully saturated rings. The first-order valence-corrected chi connectivity index (χ1v) is 10.6. The van der Waals surface area contributed by atoms with Crippen LogP contribution in [-0.2, 0) is 0 Å². The molecule has 0 atom stereocenters. The Morgan fingerprint density at radius 2 is 0.870 bits per heavy atom. The first-order chi connectivity index (χ1) is 11.4. The van der Waals surface area contributed by atoms with Crippen molar-refractivity contribution in [3.63, 3.8) is 0 Å². The van der Waals surface area contributed by atoms with E-state index >= 15 is 0 Å². The molecule has 5 aromatic rings. The van der Waals surface area contributed by atoms with Crippen LogP contribution in [0.3, 0.4) is 0 Å². The number of hydrogen-bond donors (Lipinski definition) is 0. The average molecular weight is 357 g/mol. The van der Waals surface area contributed by atoms with Gasteiger partial charge in [0.15, 0.2) is 0 Å². The van der Waals surface area contributed by atoms with E-state index in [-0.39, 0.29) is 0 Å². The van der Waals surface area contributed by atoms with Crippen LogP contribution in [0.1, 0.15) is 27.7 Å². The minimum atomic E-state index is 1.41. The number of rotatable bonds is 0. The lowest BCUT2D eigenvalue weighted by Gasteiger charge is -1.87. The highest BCUT2D eigenvalue weighted by Crippen LogP contribution is 2.49. The molecule has 5 rings (SSSR count). The Morgan fingerprint density at radius 3 is 1.30 bits per heavy atom. The van der Waals surface area contributed by atoms with E-state index in [0.29, 0.717) is 0 Å². The summed E-state index contributed by atoms with van der Waals surface area (Å²) in [5.41, 5.74) is 0. The smallest absolute Gasteiger partial charge is 0.0642 e. The molecule has 0 spiro atoms. The van der Waals surface area contributed by atoms with Crippen LogP contribution in [0.2, 0.25) is 0 Å². The average Bonchev–Trinajstić information content (AvgIpc) is 3.27. The van der Waals surface area contributed by atoms with Crippen molar-refractivity contribution in [1.29, 1.82) is 0 Å². The molecule has 0 amide bonds. The molecule has 0 aliphatic rings. The summed E-state index contributed by atoms with van der Waals surface area (Å²) in [6.07, 6.45) is 0. The Bertz CT molecular complexity index is 975. The molecule has 3 heteroatoms. The Balaban J connectivity index is 0.000000365. The van der Waals surface area contributed by atoms with Gasteiger partial charge in [0.2, 0.25) is 0 Å². The molecule has 3 aromatic heterocycles. The highest BCUT2D eigenvalue weighted by molar-refractivity contribution is 7.43. The molecule has 0 bridgehead atoms. The van der Waals surface area contributed by atoms with Gasteiger partial charge in [0.05, 0.1) is 18.8 Å². The number of hydrogen-bond acceptors (Lipinski definition) is 3. The largest absolute Gasteiger partial charge is 0.133 e. The van der Waals surface area contributed by atoms with Crippen LogP contribution in [0.5, 0.6) is 0 Å². The van der Waals surface area contributed by atoms with Crippen LogP contribution in [-0.4, -0.2) is 0 Å². The summed E-state index contributed by atoms with van der Waals surface area (Å²) >= 11 is 5.82. The fourth-order valence-electron chi connectivity index (χ4n) is 2.65. The van der Waals surface area contributed by atoms with E-state index in [0.717, 1.165) is 0 Å². The molecule has 2 aromatic carbocycles. The lowest BCUT2D eigenvalue weighted by atomic mass is 10.2. The standard InChI is InChI=1S/C16H8S3.2C2H6/c1-3-7-11-9(5-1)13-15(17-11)16-14(19-13)10-6-2-4-8-12(10)18-16;2*1-2/h1-8H;2*1-2H3. The third kappa shape index (κ3) is 2.57. The van der Waals surface area contributed by atoms with E-state index in [2.05, 4.69) is 48.5 Å². The SMILES string of the molecule is CC.CC.c1ccc2c(c1)sc1c2sc2c3ccccc3sc21. The molecule has 0 aliphatic carbocycles. The fourth-order valence-corrected chi connectivity index (χ4v) is 6.91. The minimum absolute atomic E-state index is 1.41. The van der Waals surface area contributed by atoms with Crippen molar-refractivity contribution in [2.24, 2.45) is 0 Å². The summed E-state index contributed by atoms with van der Waals surface area (Å²) in [6.45, 7) is 8.00. The van der Waals surface area contributed by atoms with Gasteiger partial charge >= 0.3 is 0 Å². The Hall–Kier alpha value is -1.42. The van der Waals surface area contributed by atoms with E-state index < -0.39 is 0 Å². The molecule has 0 nitrogen and oxygen atoms in total. The Morgan fingerprint density at radius 1 is 0.478 bits per heavy atom. The van der Waals surface area contributed by atoms with E-state index in [1.807, 2.05) is 61.7 Å². The van der Waals surface area contributed by atoms with Crippen LogP contribution in [0.25, 0.3) is 39.0 Å². The maximum atomic E-state index is 2.25. The van der Waals surface area contributed by atoms with Gasteiger partial charge in [-0.1, -0.05) is 64.1 Å². The van der Waals surface area contributed by atoms with Crippen LogP contribution in [0, 0.1) is 0 Å². The first kappa shape index (κ1) is 16.4. The van der Waals surface area contributed by atoms with Gasteiger partial charge in [-0.3, -0.25) is 0 Å². The zero-order chi connectivity index (χ0) is 16.4. The number of benzene rings is 2. The van der Waals surface area contributed by atoms with Crippen molar-refractivity contribution in [2.45, 2.75) is 27.7 Å².